The number of ketones is 1. The van der Waals surface area contributed by atoms with Gasteiger partial charge in [0.25, 0.3) is 0 Å². The van der Waals surface area contributed by atoms with Gasteiger partial charge in [-0.1, -0.05) is 11.6 Å². The summed E-state index contributed by atoms with van der Waals surface area (Å²) >= 11 is 5.93. The van der Waals surface area contributed by atoms with E-state index >= 15 is 0 Å². The third-order valence-corrected chi connectivity index (χ3v) is 4.47. The van der Waals surface area contributed by atoms with Crippen molar-refractivity contribution in [3.63, 3.8) is 0 Å². The van der Waals surface area contributed by atoms with Crippen molar-refractivity contribution in [2.75, 3.05) is 19.8 Å². The van der Waals surface area contributed by atoms with Crippen LogP contribution < -0.4 is 4.74 Å². The van der Waals surface area contributed by atoms with Crippen molar-refractivity contribution in [1.29, 1.82) is 0 Å². The zero-order valence-electron chi connectivity index (χ0n) is 16.2. The highest BCUT2D eigenvalue weighted by Gasteiger charge is 2.23. The topological polar surface area (TPSA) is 94.7 Å². The number of H-pyrrole nitrogens is 1. The third-order valence-electron chi connectivity index (χ3n) is 4.05. The van der Waals surface area contributed by atoms with Gasteiger partial charge in [-0.2, -0.15) is 0 Å². The fraction of sp³-hybridized carbons (Fsp3) is 0.350. The van der Waals surface area contributed by atoms with E-state index in [9.17, 15) is 14.4 Å². The number of aromatic amines is 1. The second-order valence-electron chi connectivity index (χ2n) is 6.13. The highest BCUT2D eigenvalue weighted by molar-refractivity contribution is 6.31. The third kappa shape index (κ3) is 5.13. The number of rotatable bonds is 8. The molecule has 0 unspecified atom stereocenters. The number of esters is 2. The van der Waals surface area contributed by atoms with Gasteiger partial charge >= 0.3 is 11.9 Å². The Morgan fingerprint density at radius 2 is 1.79 bits per heavy atom. The first-order valence-electron chi connectivity index (χ1n) is 8.68. The fourth-order valence-corrected chi connectivity index (χ4v) is 2.76. The summed E-state index contributed by atoms with van der Waals surface area (Å²) in [6.45, 7) is 6.25. The second kappa shape index (κ2) is 9.41. The van der Waals surface area contributed by atoms with Gasteiger partial charge < -0.3 is 19.2 Å². The van der Waals surface area contributed by atoms with Gasteiger partial charge in [0.05, 0.1) is 17.9 Å². The van der Waals surface area contributed by atoms with Gasteiger partial charge in [-0.3, -0.25) is 4.79 Å². The maximum absolute atomic E-state index is 12.4. The molecule has 0 bridgehead atoms. The summed E-state index contributed by atoms with van der Waals surface area (Å²) in [5, 5.41) is 0.597. The van der Waals surface area contributed by atoms with Crippen LogP contribution in [0.1, 0.15) is 44.6 Å². The van der Waals surface area contributed by atoms with E-state index in [1.165, 1.54) is 0 Å². The molecule has 1 aromatic heterocycles. The molecule has 0 aliphatic carbocycles. The summed E-state index contributed by atoms with van der Waals surface area (Å²) in [6.07, 6.45) is 0. The molecule has 0 amide bonds. The number of aryl methyl sites for hydroxylation is 2. The number of hydrogen-bond acceptors (Lipinski definition) is 6. The lowest BCUT2D eigenvalue weighted by Crippen LogP contribution is -2.20. The van der Waals surface area contributed by atoms with Crippen LogP contribution in [0.3, 0.4) is 0 Å². The Morgan fingerprint density at radius 1 is 1.07 bits per heavy atom. The minimum Gasteiger partial charge on any atom is -0.482 e. The minimum atomic E-state index is -0.687. The molecule has 8 heteroatoms. The molecular weight excluding hydrogens is 386 g/mol. The fourth-order valence-electron chi connectivity index (χ4n) is 2.65. The summed E-state index contributed by atoms with van der Waals surface area (Å²) in [6, 6.07) is 5.00. The monoisotopic (exact) mass is 407 g/mol. The van der Waals surface area contributed by atoms with E-state index in [1.807, 2.05) is 6.92 Å². The van der Waals surface area contributed by atoms with Crippen LogP contribution in [0.2, 0.25) is 5.02 Å². The Kier molecular flexibility index (Phi) is 7.23. The first-order valence-corrected chi connectivity index (χ1v) is 9.06. The minimum absolute atomic E-state index is 0.211. The first kappa shape index (κ1) is 21.5. The van der Waals surface area contributed by atoms with Gasteiger partial charge in [-0.15, -0.1) is 0 Å². The Bertz CT molecular complexity index is 902. The van der Waals surface area contributed by atoms with Crippen molar-refractivity contribution in [3.8, 4) is 5.75 Å². The summed E-state index contributed by atoms with van der Waals surface area (Å²) in [5.41, 5.74) is 2.33. The molecule has 0 fully saturated rings. The number of ether oxygens (including phenoxy) is 3. The van der Waals surface area contributed by atoms with E-state index in [2.05, 4.69) is 4.98 Å². The molecule has 1 heterocycles. The van der Waals surface area contributed by atoms with Crippen molar-refractivity contribution in [2.45, 2.75) is 27.7 Å². The number of benzene rings is 1. The van der Waals surface area contributed by atoms with Crippen LogP contribution in [0.25, 0.3) is 0 Å². The predicted molar refractivity (Wildman–Crippen MR) is 103 cm³/mol. The zero-order valence-corrected chi connectivity index (χ0v) is 16.9. The molecule has 7 nitrogen and oxygen atoms in total. The van der Waals surface area contributed by atoms with Crippen molar-refractivity contribution in [3.05, 3.63) is 51.3 Å². The van der Waals surface area contributed by atoms with Gasteiger partial charge in [0, 0.05) is 10.7 Å². The Morgan fingerprint density at radius 3 is 2.43 bits per heavy atom. The molecule has 1 aromatic carbocycles. The summed E-state index contributed by atoms with van der Waals surface area (Å²) < 4.78 is 15.3. The van der Waals surface area contributed by atoms with Crippen molar-refractivity contribution in [1.82, 2.24) is 4.98 Å². The molecule has 0 saturated carbocycles. The van der Waals surface area contributed by atoms with Crippen molar-refractivity contribution in [2.24, 2.45) is 0 Å². The van der Waals surface area contributed by atoms with Crippen LogP contribution >= 0.6 is 11.6 Å². The molecule has 0 radical (unpaired) electrons. The predicted octanol–water partition coefficient (Wildman–Crippen LogP) is 3.57. The van der Waals surface area contributed by atoms with E-state index in [0.717, 1.165) is 5.56 Å². The largest absolute Gasteiger partial charge is 0.482 e. The Balaban J connectivity index is 1.92. The first-order chi connectivity index (χ1) is 13.2. The second-order valence-corrected chi connectivity index (χ2v) is 6.54. The average Bonchev–Trinajstić information content (AvgIpc) is 2.95. The van der Waals surface area contributed by atoms with Crippen LogP contribution in [0.4, 0.5) is 0 Å². The molecule has 0 aliphatic rings. The number of carbonyl (C=O) groups excluding carboxylic acids is 3. The molecule has 0 spiro atoms. The van der Waals surface area contributed by atoms with Crippen LogP contribution in [0.15, 0.2) is 18.2 Å². The van der Waals surface area contributed by atoms with Gasteiger partial charge in [0.2, 0.25) is 5.78 Å². The highest BCUT2D eigenvalue weighted by atomic mass is 35.5. The van der Waals surface area contributed by atoms with E-state index in [0.29, 0.717) is 27.6 Å². The summed E-state index contributed by atoms with van der Waals surface area (Å²) in [7, 11) is 0. The number of hydrogen-bond donors (Lipinski definition) is 1. The lowest BCUT2D eigenvalue weighted by atomic mass is 10.1. The standard InChI is InChI=1S/C20H22ClNO6/c1-5-26-20(25)18-12(3)19(22-13(18)4)16(23)9-28-17(24)10-27-14-6-7-15(21)11(2)8-14/h6-8,22H,5,9-10H2,1-4H3. The van der Waals surface area contributed by atoms with Crippen LogP contribution in [0.5, 0.6) is 5.75 Å². The average molecular weight is 408 g/mol. The van der Waals surface area contributed by atoms with Crippen LogP contribution in [-0.2, 0) is 14.3 Å². The van der Waals surface area contributed by atoms with E-state index in [-0.39, 0.29) is 18.9 Å². The molecule has 0 atom stereocenters. The van der Waals surface area contributed by atoms with Gasteiger partial charge in [-0.05, 0) is 57.0 Å². The molecule has 0 aliphatic heterocycles. The van der Waals surface area contributed by atoms with E-state index < -0.39 is 24.3 Å². The lowest BCUT2D eigenvalue weighted by molar-refractivity contribution is -0.144. The van der Waals surface area contributed by atoms with Crippen molar-refractivity contribution < 1.29 is 28.6 Å². The van der Waals surface area contributed by atoms with E-state index in [1.54, 1.807) is 39.0 Å². The van der Waals surface area contributed by atoms with Crippen molar-refractivity contribution >= 4 is 29.3 Å². The Labute approximate surface area is 167 Å². The lowest BCUT2D eigenvalue weighted by Gasteiger charge is -2.08. The molecule has 2 rings (SSSR count). The smallest absolute Gasteiger partial charge is 0.344 e. The summed E-state index contributed by atoms with van der Waals surface area (Å²) in [5.74, 6) is -1.17. The Hall–Kier alpha value is -2.80. The van der Waals surface area contributed by atoms with E-state index in [4.69, 9.17) is 25.8 Å². The summed E-state index contributed by atoms with van der Waals surface area (Å²) in [4.78, 5) is 39.1. The van der Waals surface area contributed by atoms with Gasteiger partial charge in [0.15, 0.2) is 13.2 Å². The highest BCUT2D eigenvalue weighted by Crippen LogP contribution is 2.21. The van der Waals surface area contributed by atoms with Gasteiger partial charge in [0.1, 0.15) is 5.75 Å². The molecular formula is C20H22ClNO6. The normalized spacial score (nSPS) is 10.5. The number of halogens is 1. The van der Waals surface area contributed by atoms with Gasteiger partial charge in [-0.25, -0.2) is 9.59 Å². The number of carbonyl (C=O) groups is 3. The van der Waals surface area contributed by atoms with Crippen LogP contribution in [-0.4, -0.2) is 42.5 Å². The molecule has 1 N–H and O–H groups in total. The SMILES string of the molecule is CCOC(=O)c1c(C)[nH]c(C(=O)COC(=O)COc2ccc(Cl)c(C)c2)c1C. The molecule has 2 aromatic rings. The maximum Gasteiger partial charge on any atom is 0.344 e. The zero-order chi connectivity index (χ0) is 20.8. The quantitative estimate of drug-likeness (QED) is 0.531. The number of aromatic nitrogens is 1. The van der Waals surface area contributed by atoms with Crippen LogP contribution in [0, 0.1) is 20.8 Å². The molecule has 150 valence electrons. The number of Topliss-reactive ketones (excluding diaryl/α,β-unsaturated/α-hetero) is 1. The molecule has 0 saturated heterocycles. The maximum atomic E-state index is 12.4. The number of nitrogens with one attached hydrogen (secondary N) is 1. The molecule has 28 heavy (non-hydrogen) atoms.